The van der Waals surface area contributed by atoms with E-state index in [0.717, 1.165) is 0 Å². The van der Waals surface area contributed by atoms with Crippen LogP contribution in [0.1, 0.15) is 6.42 Å². The maximum atomic E-state index is 12.3. The molecule has 11 heteroatoms. The minimum absolute atomic E-state index is 0.0198. The molecule has 9 nitrogen and oxygen atoms in total. The number of hydrogen-bond acceptors (Lipinski definition) is 6. The largest absolute Gasteiger partial charge is 0.326 e. The Hall–Kier alpha value is -2.98. The van der Waals surface area contributed by atoms with Crippen molar-refractivity contribution in [3.05, 3.63) is 60.1 Å². The van der Waals surface area contributed by atoms with Crippen LogP contribution >= 0.6 is 11.6 Å². The number of aryl methyl sites for hydroxylation is 1. The van der Waals surface area contributed by atoms with Crippen LogP contribution in [0.5, 0.6) is 0 Å². The topological polar surface area (TPSA) is 119 Å². The maximum Gasteiger partial charge on any atom is 0.264 e. The first-order valence-electron chi connectivity index (χ1n) is 7.80. The van der Waals surface area contributed by atoms with Crippen molar-refractivity contribution in [3.63, 3.8) is 0 Å². The van der Waals surface area contributed by atoms with Gasteiger partial charge < -0.3 is 5.32 Å². The summed E-state index contributed by atoms with van der Waals surface area (Å²) in [5.41, 5.74) is 0.480. The van der Waals surface area contributed by atoms with Crippen LogP contribution < -0.4 is 10.0 Å². The van der Waals surface area contributed by atoms with Crippen molar-refractivity contribution < 1.29 is 13.2 Å². The summed E-state index contributed by atoms with van der Waals surface area (Å²) in [6, 6.07) is 7.35. The molecule has 27 heavy (non-hydrogen) atoms. The van der Waals surface area contributed by atoms with Gasteiger partial charge in [0.25, 0.3) is 10.0 Å². The molecular formula is C16H15ClN6O3S. The summed E-state index contributed by atoms with van der Waals surface area (Å²) in [6.45, 7) is 0.381. The SMILES string of the molecule is O=C(CCn1cc(Cl)cn1)Nc1ccc(S(=O)(=O)Nc2ncccn2)cc1. The molecule has 0 saturated carbocycles. The predicted octanol–water partition coefficient (Wildman–Crippen LogP) is 2.16. The monoisotopic (exact) mass is 406 g/mol. The van der Waals surface area contributed by atoms with Gasteiger partial charge in [0.1, 0.15) is 0 Å². The Morgan fingerprint density at radius 2 is 1.85 bits per heavy atom. The molecule has 0 radical (unpaired) electrons. The Kier molecular flexibility index (Phi) is 5.67. The molecule has 0 aliphatic rings. The Morgan fingerprint density at radius 3 is 2.48 bits per heavy atom. The molecule has 0 saturated heterocycles. The number of amides is 1. The number of carbonyl (C=O) groups is 1. The molecule has 0 fully saturated rings. The van der Waals surface area contributed by atoms with Gasteiger partial charge in [-0.3, -0.25) is 9.48 Å². The van der Waals surface area contributed by atoms with Crippen LogP contribution in [0.3, 0.4) is 0 Å². The van der Waals surface area contributed by atoms with Crippen molar-refractivity contribution in [1.29, 1.82) is 0 Å². The third-order valence-electron chi connectivity index (χ3n) is 3.41. The van der Waals surface area contributed by atoms with Crippen molar-refractivity contribution in [2.24, 2.45) is 0 Å². The van der Waals surface area contributed by atoms with Crippen LogP contribution in [0.15, 0.2) is 60.0 Å². The van der Waals surface area contributed by atoms with Crippen LogP contribution in [0.2, 0.25) is 5.02 Å². The number of anilines is 2. The Balaban J connectivity index is 1.58. The smallest absolute Gasteiger partial charge is 0.264 e. The zero-order valence-electron chi connectivity index (χ0n) is 13.9. The second-order valence-electron chi connectivity index (χ2n) is 5.42. The zero-order chi connectivity index (χ0) is 19.3. The van der Waals surface area contributed by atoms with Crippen molar-refractivity contribution in [3.8, 4) is 0 Å². The number of hydrogen-bond donors (Lipinski definition) is 2. The highest BCUT2D eigenvalue weighted by molar-refractivity contribution is 7.92. The van der Waals surface area contributed by atoms with Crippen LogP contribution in [0.4, 0.5) is 11.6 Å². The van der Waals surface area contributed by atoms with Gasteiger partial charge in [-0.05, 0) is 30.3 Å². The van der Waals surface area contributed by atoms with E-state index in [1.54, 1.807) is 16.9 Å². The van der Waals surface area contributed by atoms with Gasteiger partial charge in [0.2, 0.25) is 11.9 Å². The number of halogens is 1. The molecule has 3 rings (SSSR count). The van der Waals surface area contributed by atoms with Gasteiger partial charge >= 0.3 is 0 Å². The Labute approximate surface area is 160 Å². The molecule has 0 atom stereocenters. The summed E-state index contributed by atoms with van der Waals surface area (Å²) < 4.78 is 28.4. The first-order valence-corrected chi connectivity index (χ1v) is 9.66. The summed E-state index contributed by atoms with van der Waals surface area (Å²) in [5, 5.41) is 7.18. The summed E-state index contributed by atoms with van der Waals surface area (Å²) in [4.78, 5) is 19.6. The number of sulfonamides is 1. The van der Waals surface area contributed by atoms with Gasteiger partial charge in [-0.2, -0.15) is 5.10 Å². The van der Waals surface area contributed by atoms with E-state index in [0.29, 0.717) is 17.3 Å². The van der Waals surface area contributed by atoms with Gasteiger partial charge in [0.15, 0.2) is 0 Å². The number of carbonyl (C=O) groups excluding carboxylic acids is 1. The molecule has 140 valence electrons. The summed E-state index contributed by atoms with van der Waals surface area (Å²) in [6.07, 6.45) is 6.18. The summed E-state index contributed by atoms with van der Waals surface area (Å²) in [7, 11) is -3.81. The van der Waals surface area contributed by atoms with E-state index >= 15 is 0 Å². The predicted molar refractivity (Wildman–Crippen MR) is 99.8 cm³/mol. The highest BCUT2D eigenvalue weighted by Crippen LogP contribution is 2.16. The fourth-order valence-electron chi connectivity index (χ4n) is 2.15. The van der Waals surface area contributed by atoms with Crippen molar-refractivity contribution >= 4 is 39.2 Å². The highest BCUT2D eigenvalue weighted by Gasteiger charge is 2.15. The number of rotatable bonds is 7. The molecule has 0 bridgehead atoms. The van der Waals surface area contributed by atoms with Crippen molar-refractivity contribution in [2.45, 2.75) is 17.9 Å². The Bertz CT molecular complexity index is 1020. The number of nitrogens with one attached hydrogen (secondary N) is 2. The van der Waals surface area contributed by atoms with E-state index in [9.17, 15) is 13.2 Å². The second-order valence-corrected chi connectivity index (χ2v) is 7.54. The van der Waals surface area contributed by atoms with Gasteiger partial charge in [-0.1, -0.05) is 11.6 Å². The molecule has 3 aromatic rings. The number of benzene rings is 1. The van der Waals surface area contributed by atoms with E-state index < -0.39 is 10.0 Å². The van der Waals surface area contributed by atoms with Crippen molar-refractivity contribution in [1.82, 2.24) is 19.7 Å². The molecular weight excluding hydrogens is 392 g/mol. The Morgan fingerprint density at radius 1 is 1.15 bits per heavy atom. The average molecular weight is 407 g/mol. The average Bonchev–Trinajstić information content (AvgIpc) is 3.06. The quantitative estimate of drug-likeness (QED) is 0.620. The third-order valence-corrected chi connectivity index (χ3v) is 4.95. The number of aromatic nitrogens is 4. The van der Waals surface area contributed by atoms with Crippen LogP contribution in [0.25, 0.3) is 0 Å². The second kappa shape index (κ2) is 8.14. The van der Waals surface area contributed by atoms with Crippen LogP contribution in [-0.2, 0) is 21.4 Å². The molecule has 0 spiro atoms. The molecule has 2 aromatic heterocycles. The third kappa shape index (κ3) is 5.25. The van der Waals surface area contributed by atoms with E-state index in [1.165, 1.54) is 42.9 Å². The van der Waals surface area contributed by atoms with E-state index in [1.807, 2.05) is 0 Å². The molecule has 1 amide bonds. The van der Waals surface area contributed by atoms with Gasteiger partial charge in [0, 0.05) is 37.2 Å². The maximum absolute atomic E-state index is 12.3. The lowest BCUT2D eigenvalue weighted by atomic mass is 10.3. The lowest BCUT2D eigenvalue weighted by molar-refractivity contribution is -0.116. The first-order chi connectivity index (χ1) is 12.9. The van der Waals surface area contributed by atoms with Gasteiger partial charge in [-0.25, -0.2) is 23.1 Å². The molecule has 0 unspecified atom stereocenters. The van der Waals surface area contributed by atoms with E-state index in [-0.39, 0.29) is 23.2 Å². The fourth-order valence-corrected chi connectivity index (χ4v) is 3.26. The van der Waals surface area contributed by atoms with E-state index in [2.05, 4.69) is 25.1 Å². The van der Waals surface area contributed by atoms with Crippen LogP contribution in [-0.4, -0.2) is 34.1 Å². The summed E-state index contributed by atoms with van der Waals surface area (Å²) >= 11 is 5.76. The van der Waals surface area contributed by atoms with Gasteiger partial charge in [0.05, 0.1) is 16.1 Å². The lowest BCUT2D eigenvalue weighted by Gasteiger charge is -2.08. The summed E-state index contributed by atoms with van der Waals surface area (Å²) in [5.74, 6) is -0.248. The molecule has 0 aliphatic heterocycles. The van der Waals surface area contributed by atoms with Crippen LogP contribution in [0, 0.1) is 0 Å². The first kappa shape index (κ1) is 18.8. The van der Waals surface area contributed by atoms with Crippen molar-refractivity contribution in [2.75, 3.05) is 10.0 Å². The van der Waals surface area contributed by atoms with E-state index in [4.69, 9.17) is 11.6 Å². The minimum atomic E-state index is -3.81. The normalized spacial score (nSPS) is 11.1. The fraction of sp³-hybridized carbons (Fsp3) is 0.125. The molecule has 2 N–H and O–H groups in total. The zero-order valence-corrected chi connectivity index (χ0v) is 15.5. The highest BCUT2D eigenvalue weighted by atomic mass is 35.5. The van der Waals surface area contributed by atoms with Gasteiger partial charge in [-0.15, -0.1) is 0 Å². The number of nitrogens with zero attached hydrogens (tertiary/aromatic N) is 4. The lowest BCUT2D eigenvalue weighted by Crippen LogP contribution is -2.16. The molecule has 2 heterocycles. The minimum Gasteiger partial charge on any atom is -0.326 e. The molecule has 0 aliphatic carbocycles. The standard InChI is InChI=1S/C16H15ClN6O3S/c17-12-10-20-23(11-12)9-6-15(24)21-13-2-4-14(5-3-13)27(25,26)22-16-18-7-1-8-19-16/h1-5,7-8,10-11H,6,9H2,(H,21,24)(H,18,19,22). The molecule has 1 aromatic carbocycles.